The molecule has 0 saturated carbocycles. The Bertz CT molecular complexity index is 1150. The van der Waals surface area contributed by atoms with E-state index in [9.17, 15) is 14.7 Å². The third kappa shape index (κ3) is 3.76. The second-order valence-corrected chi connectivity index (χ2v) is 7.29. The Kier molecular flexibility index (Phi) is 6.01. The summed E-state index contributed by atoms with van der Waals surface area (Å²) in [5.41, 5.74) is 1.46. The maximum atomic E-state index is 13.4. The first-order chi connectivity index (χ1) is 13.8. The number of nitrogens with zero attached hydrogens (tertiary/aromatic N) is 1. The van der Waals surface area contributed by atoms with E-state index in [1.807, 2.05) is 11.5 Å². The van der Waals surface area contributed by atoms with Crippen LogP contribution in [0.4, 0.5) is 0 Å². The molecule has 1 heterocycles. The molecule has 1 aromatic heterocycles. The normalized spacial score (nSPS) is 10.8. The van der Waals surface area contributed by atoms with Crippen LogP contribution < -0.4 is 10.2 Å². The van der Waals surface area contributed by atoms with Gasteiger partial charge in [-0.1, -0.05) is 35.3 Å². The first kappa shape index (κ1) is 21.0. The van der Waals surface area contributed by atoms with Crippen LogP contribution in [0.1, 0.15) is 23.0 Å². The van der Waals surface area contributed by atoms with Crippen molar-refractivity contribution in [1.82, 2.24) is 4.57 Å². The van der Waals surface area contributed by atoms with E-state index in [0.717, 1.165) is 0 Å². The van der Waals surface area contributed by atoms with Crippen molar-refractivity contribution in [3.05, 3.63) is 74.0 Å². The van der Waals surface area contributed by atoms with Crippen molar-refractivity contribution < 1.29 is 14.6 Å². The van der Waals surface area contributed by atoms with Crippen LogP contribution in [0.2, 0.25) is 10.0 Å². The largest absolute Gasteiger partial charge is 0.496 e. The zero-order valence-corrected chi connectivity index (χ0v) is 17.6. The third-order valence-corrected chi connectivity index (χ3v) is 5.30. The number of hydrogen-bond donors (Lipinski definition) is 1. The van der Waals surface area contributed by atoms with Crippen LogP contribution in [0.3, 0.4) is 0 Å². The van der Waals surface area contributed by atoms with Crippen molar-refractivity contribution >= 4 is 29.2 Å². The molecule has 7 heteroatoms. The number of methoxy groups -OCH3 is 1. The summed E-state index contributed by atoms with van der Waals surface area (Å²) in [5, 5.41) is 10.9. The van der Waals surface area contributed by atoms with Gasteiger partial charge in [0, 0.05) is 27.8 Å². The van der Waals surface area contributed by atoms with Gasteiger partial charge >= 0.3 is 5.97 Å². The zero-order valence-electron chi connectivity index (χ0n) is 16.1. The maximum Gasteiger partial charge on any atom is 0.341 e. The summed E-state index contributed by atoms with van der Waals surface area (Å²) in [4.78, 5) is 25.6. The molecule has 5 nitrogen and oxygen atoms in total. The standard InChI is InChI=1S/C22H19Cl2NO4/c1-4-25-12(2)18(16-10-9-15(24)11-17(16)29-3)21(26)19(22(27)28)20(25)13-5-7-14(23)8-6-13/h5-11H,4H2,1-3H3,(H,27,28). The van der Waals surface area contributed by atoms with Crippen LogP contribution in [0.15, 0.2) is 47.3 Å². The molecule has 0 bridgehead atoms. The lowest BCUT2D eigenvalue weighted by Gasteiger charge is -2.22. The SMILES string of the molecule is CCn1c(C)c(-c2ccc(Cl)cc2OC)c(=O)c(C(=O)O)c1-c1ccc(Cl)cc1. The molecular formula is C22H19Cl2NO4. The highest BCUT2D eigenvalue weighted by Gasteiger charge is 2.26. The molecule has 3 aromatic rings. The fourth-order valence-corrected chi connectivity index (χ4v) is 3.81. The quantitative estimate of drug-likeness (QED) is 0.576. The summed E-state index contributed by atoms with van der Waals surface area (Å²) >= 11 is 12.0. The Morgan fingerprint density at radius 3 is 2.28 bits per heavy atom. The van der Waals surface area contributed by atoms with Gasteiger partial charge in [-0.05, 0) is 49.7 Å². The molecule has 0 aliphatic heterocycles. The van der Waals surface area contributed by atoms with Gasteiger partial charge in [0.2, 0.25) is 5.43 Å². The molecule has 0 saturated heterocycles. The molecule has 2 aromatic carbocycles. The number of carbonyl (C=O) groups is 1. The van der Waals surface area contributed by atoms with Crippen LogP contribution in [0.25, 0.3) is 22.4 Å². The average Bonchev–Trinajstić information content (AvgIpc) is 2.68. The smallest absolute Gasteiger partial charge is 0.341 e. The van der Waals surface area contributed by atoms with Crippen molar-refractivity contribution in [3.63, 3.8) is 0 Å². The Hall–Kier alpha value is -2.76. The molecule has 0 fully saturated rings. The number of ether oxygens (including phenoxy) is 1. The monoisotopic (exact) mass is 431 g/mol. The van der Waals surface area contributed by atoms with Crippen LogP contribution in [-0.2, 0) is 6.54 Å². The minimum Gasteiger partial charge on any atom is -0.496 e. The van der Waals surface area contributed by atoms with E-state index < -0.39 is 11.4 Å². The summed E-state index contributed by atoms with van der Waals surface area (Å²) < 4.78 is 7.21. The molecule has 1 N–H and O–H groups in total. The molecule has 3 rings (SSSR count). The van der Waals surface area contributed by atoms with E-state index in [0.29, 0.717) is 44.9 Å². The lowest BCUT2D eigenvalue weighted by Crippen LogP contribution is -2.25. The number of benzene rings is 2. The topological polar surface area (TPSA) is 68.5 Å². The highest BCUT2D eigenvalue weighted by atomic mass is 35.5. The number of rotatable bonds is 5. The van der Waals surface area contributed by atoms with Crippen LogP contribution >= 0.6 is 23.2 Å². The second kappa shape index (κ2) is 8.31. The fourth-order valence-electron chi connectivity index (χ4n) is 3.52. The molecule has 0 unspecified atom stereocenters. The summed E-state index contributed by atoms with van der Waals surface area (Å²) in [7, 11) is 1.48. The minimum atomic E-state index is -1.30. The number of halogens is 2. The molecule has 0 radical (unpaired) electrons. The van der Waals surface area contributed by atoms with E-state index in [1.165, 1.54) is 7.11 Å². The molecule has 0 aliphatic carbocycles. The Labute approximate surface area is 178 Å². The highest BCUT2D eigenvalue weighted by molar-refractivity contribution is 6.31. The van der Waals surface area contributed by atoms with Crippen LogP contribution in [0.5, 0.6) is 5.75 Å². The number of hydrogen-bond acceptors (Lipinski definition) is 3. The molecular weight excluding hydrogens is 413 g/mol. The van der Waals surface area contributed by atoms with Gasteiger partial charge in [0.25, 0.3) is 0 Å². The Morgan fingerprint density at radius 2 is 1.72 bits per heavy atom. The molecule has 0 aliphatic rings. The van der Waals surface area contributed by atoms with Crippen molar-refractivity contribution in [2.45, 2.75) is 20.4 Å². The van der Waals surface area contributed by atoms with E-state index in [1.54, 1.807) is 49.4 Å². The number of aromatic nitrogens is 1. The summed E-state index contributed by atoms with van der Waals surface area (Å²) in [6.07, 6.45) is 0. The van der Waals surface area contributed by atoms with Crippen LogP contribution in [-0.4, -0.2) is 22.8 Å². The first-order valence-electron chi connectivity index (χ1n) is 8.90. The average molecular weight is 432 g/mol. The van der Waals surface area contributed by atoms with Gasteiger partial charge in [-0.2, -0.15) is 0 Å². The highest BCUT2D eigenvalue weighted by Crippen LogP contribution is 2.35. The molecule has 0 spiro atoms. The van der Waals surface area contributed by atoms with E-state index in [4.69, 9.17) is 27.9 Å². The van der Waals surface area contributed by atoms with Gasteiger partial charge < -0.3 is 14.4 Å². The Balaban J connectivity index is 2.46. The van der Waals surface area contributed by atoms with Gasteiger partial charge in [0.15, 0.2) is 0 Å². The lowest BCUT2D eigenvalue weighted by molar-refractivity contribution is 0.0695. The number of carboxylic acid groups (broad SMARTS) is 1. The number of carboxylic acids is 1. The predicted molar refractivity (Wildman–Crippen MR) is 116 cm³/mol. The zero-order chi connectivity index (χ0) is 21.3. The Morgan fingerprint density at radius 1 is 1.10 bits per heavy atom. The van der Waals surface area contributed by atoms with Gasteiger partial charge in [0.05, 0.1) is 18.4 Å². The second-order valence-electron chi connectivity index (χ2n) is 6.41. The van der Waals surface area contributed by atoms with Gasteiger partial charge in [-0.3, -0.25) is 4.79 Å². The number of pyridine rings is 1. The van der Waals surface area contributed by atoms with E-state index in [2.05, 4.69) is 0 Å². The summed E-state index contributed by atoms with van der Waals surface area (Å²) in [6.45, 7) is 4.15. The van der Waals surface area contributed by atoms with Crippen molar-refractivity contribution in [2.75, 3.05) is 7.11 Å². The summed E-state index contributed by atoms with van der Waals surface area (Å²) in [5.74, 6) is -0.896. The first-order valence-corrected chi connectivity index (χ1v) is 9.66. The molecule has 0 atom stereocenters. The lowest BCUT2D eigenvalue weighted by atomic mass is 9.95. The van der Waals surface area contributed by atoms with Gasteiger partial charge in [-0.25, -0.2) is 4.79 Å². The summed E-state index contributed by atoms with van der Waals surface area (Å²) in [6, 6.07) is 11.6. The molecule has 0 amide bonds. The predicted octanol–water partition coefficient (Wildman–Crippen LogP) is 5.52. The van der Waals surface area contributed by atoms with Gasteiger partial charge in [0.1, 0.15) is 11.3 Å². The third-order valence-electron chi connectivity index (χ3n) is 4.81. The van der Waals surface area contributed by atoms with Crippen LogP contribution in [0, 0.1) is 6.92 Å². The minimum absolute atomic E-state index is 0.274. The molecule has 150 valence electrons. The number of aromatic carboxylic acids is 1. The fraction of sp³-hybridized carbons (Fsp3) is 0.182. The van der Waals surface area contributed by atoms with Crippen molar-refractivity contribution in [1.29, 1.82) is 0 Å². The van der Waals surface area contributed by atoms with E-state index >= 15 is 0 Å². The van der Waals surface area contributed by atoms with Crippen molar-refractivity contribution in [2.24, 2.45) is 0 Å². The molecule has 29 heavy (non-hydrogen) atoms. The van der Waals surface area contributed by atoms with Gasteiger partial charge in [-0.15, -0.1) is 0 Å². The maximum absolute atomic E-state index is 13.4. The van der Waals surface area contributed by atoms with E-state index in [-0.39, 0.29) is 11.1 Å². The van der Waals surface area contributed by atoms with Crippen molar-refractivity contribution in [3.8, 4) is 28.1 Å².